The Morgan fingerprint density at radius 1 is 1.44 bits per heavy atom. The summed E-state index contributed by atoms with van der Waals surface area (Å²) in [5.41, 5.74) is 1.00. The molecule has 86 valence electrons. The Kier molecular flexibility index (Phi) is 2.84. The summed E-state index contributed by atoms with van der Waals surface area (Å²) in [6, 6.07) is 4.67. The summed E-state index contributed by atoms with van der Waals surface area (Å²) in [5, 5.41) is 0.335. The smallest absolute Gasteiger partial charge is 0.266 e. The Morgan fingerprint density at radius 3 is 2.69 bits per heavy atom. The molecular formula is C11H10ClF2NO. The van der Waals surface area contributed by atoms with Crippen molar-refractivity contribution < 1.29 is 13.6 Å². The number of carbonyl (C=O) groups excluding carboxylic acids is 1. The van der Waals surface area contributed by atoms with Gasteiger partial charge in [-0.05, 0) is 18.2 Å². The van der Waals surface area contributed by atoms with Gasteiger partial charge in [0.1, 0.15) is 6.29 Å². The van der Waals surface area contributed by atoms with Gasteiger partial charge in [-0.1, -0.05) is 11.6 Å². The van der Waals surface area contributed by atoms with Crippen molar-refractivity contribution in [2.24, 2.45) is 0 Å². The van der Waals surface area contributed by atoms with Crippen LogP contribution in [0.15, 0.2) is 18.2 Å². The van der Waals surface area contributed by atoms with Gasteiger partial charge < -0.3 is 4.90 Å². The van der Waals surface area contributed by atoms with Gasteiger partial charge in [0.05, 0.1) is 17.3 Å². The van der Waals surface area contributed by atoms with Gasteiger partial charge in [-0.2, -0.15) is 0 Å². The number of halogens is 3. The van der Waals surface area contributed by atoms with Crippen LogP contribution < -0.4 is 4.90 Å². The van der Waals surface area contributed by atoms with Crippen molar-refractivity contribution in [1.29, 1.82) is 0 Å². The number of aldehydes is 1. The zero-order valence-corrected chi connectivity index (χ0v) is 9.18. The van der Waals surface area contributed by atoms with E-state index in [0.717, 1.165) is 0 Å². The fourth-order valence-corrected chi connectivity index (χ4v) is 2.10. The third kappa shape index (κ3) is 2.16. The molecule has 0 spiro atoms. The van der Waals surface area contributed by atoms with Crippen LogP contribution in [0.1, 0.15) is 16.8 Å². The Bertz CT molecular complexity index is 422. The average Bonchev–Trinajstić information content (AvgIpc) is 2.58. The van der Waals surface area contributed by atoms with E-state index < -0.39 is 5.92 Å². The summed E-state index contributed by atoms with van der Waals surface area (Å²) in [4.78, 5) is 12.0. The molecule has 16 heavy (non-hydrogen) atoms. The molecule has 1 fully saturated rings. The van der Waals surface area contributed by atoms with E-state index >= 15 is 0 Å². The first-order valence-electron chi connectivity index (χ1n) is 4.89. The Balaban J connectivity index is 2.25. The molecule has 0 unspecified atom stereocenters. The van der Waals surface area contributed by atoms with E-state index in [1.807, 2.05) is 0 Å². The second-order valence-electron chi connectivity index (χ2n) is 3.86. The molecule has 1 aromatic rings. The standard InChI is InChI=1S/C11H10ClF2NO/c12-9-5-8(6-16)1-2-10(9)15-4-3-11(13,14)7-15/h1-2,5-6H,3-4,7H2. The van der Waals surface area contributed by atoms with E-state index in [-0.39, 0.29) is 19.5 Å². The first-order chi connectivity index (χ1) is 7.52. The Morgan fingerprint density at radius 2 is 2.19 bits per heavy atom. The normalized spacial score (nSPS) is 18.8. The summed E-state index contributed by atoms with van der Waals surface area (Å²) in [6.07, 6.45) is 0.521. The van der Waals surface area contributed by atoms with Crippen LogP contribution in [0.2, 0.25) is 5.02 Å². The highest BCUT2D eigenvalue weighted by Gasteiger charge is 2.38. The maximum atomic E-state index is 13.0. The average molecular weight is 246 g/mol. The first kappa shape index (κ1) is 11.3. The number of alkyl halides is 2. The number of rotatable bonds is 2. The summed E-state index contributed by atoms with van der Waals surface area (Å²) in [5.74, 6) is -2.65. The molecule has 5 heteroatoms. The molecule has 1 aromatic carbocycles. The molecule has 2 rings (SSSR count). The van der Waals surface area contributed by atoms with Crippen LogP contribution in [0, 0.1) is 0 Å². The van der Waals surface area contributed by atoms with Crippen molar-refractivity contribution in [1.82, 2.24) is 0 Å². The van der Waals surface area contributed by atoms with Gasteiger partial charge in [-0.15, -0.1) is 0 Å². The molecule has 0 amide bonds. The highest BCUT2D eigenvalue weighted by molar-refractivity contribution is 6.33. The fraction of sp³-hybridized carbons (Fsp3) is 0.364. The molecule has 1 aliphatic heterocycles. The molecule has 0 atom stereocenters. The largest absolute Gasteiger partial charge is 0.364 e. The predicted octanol–water partition coefficient (Wildman–Crippen LogP) is 3.00. The number of carbonyl (C=O) groups is 1. The minimum atomic E-state index is -2.65. The molecule has 1 saturated heterocycles. The van der Waals surface area contributed by atoms with Crippen LogP contribution in [0.5, 0.6) is 0 Å². The number of hydrogen-bond donors (Lipinski definition) is 0. The van der Waals surface area contributed by atoms with Crippen molar-refractivity contribution in [3.8, 4) is 0 Å². The van der Waals surface area contributed by atoms with Gasteiger partial charge in [0.2, 0.25) is 0 Å². The molecule has 0 radical (unpaired) electrons. The zero-order chi connectivity index (χ0) is 11.8. The van der Waals surface area contributed by atoms with E-state index in [2.05, 4.69) is 0 Å². The monoisotopic (exact) mass is 245 g/mol. The van der Waals surface area contributed by atoms with Gasteiger partial charge in [0.25, 0.3) is 5.92 Å². The maximum Gasteiger partial charge on any atom is 0.266 e. The molecular weight excluding hydrogens is 236 g/mol. The van der Waals surface area contributed by atoms with E-state index in [1.54, 1.807) is 12.1 Å². The highest BCUT2D eigenvalue weighted by atomic mass is 35.5. The zero-order valence-electron chi connectivity index (χ0n) is 8.42. The van der Waals surface area contributed by atoms with Gasteiger partial charge in [-0.3, -0.25) is 4.79 Å². The number of benzene rings is 1. The van der Waals surface area contributed by atoms with Gasteiger partial charge in [-0.25, -0.2) is 8.78 Å². The van der Waals surface area contributed by atoms with Crippen LogP contribution in [-0.2, 0) is 0 Å². The van der Waals surface area contributed by atoms with Crippen molar-refractivity contribution >= 4 is 23.6 Å². The first-order valence-corrected chi connectivity index (χ1v) is 5.27. The van der Waals surface area contributed by atoms with Crippen molar-refractivity contribution in [2.75, 3.05) is 18.0 Å². The van der Waals surface area contributed by atoms with Crippen LogP contribution in [0.25, 0.3) is 0 Å². The molecule has 0 saturated carbocycles. The summed E-state index contributed by atoms with van der Waals surface area (Å²) < 4.78 is 26.0. The summed E-state index contributed by atoms with van der Waals surface area (Å²) >= 11 is 5.94. The lowest BCUT2D eigenvalue weighted by Crippen LogP contribution is -2.25. The van der Waals surface area contributed by atoms with Crippen LogP contribution in [0.3, 0.4) is 0 Å². The van der Waals surface area contributed by atoms with Gasteiger partial charge in [0, 0.05) is 18.5 Å². The Labute approximate surface area is 96.8 Å². The molecule has 1 heterocycles. The molecule has 0 aliphatic carbocycles. The molecule has 2 nitrogen and oxygen atoms in total. The minimum Gasteiger partial charge on any atom is -0.364 e. The summed E-state index contributed by atoms with van der Waals surface area (Å²) in [6.45, 7) is -0.0275. The number of nitrogens with zero attached hydrogens (tertiary/aromatic N) is 1. The fourth-order valence-electron chi connectivity index (χ4n) is 1.79. The van der Waals surface area contributed by atoms with Crippen LogP contribution in [-0.4, -0.2) is 25.3 Å². The quantitative estimate of drug-likeness (QED) is 0.747. The lowest BCUT2D eigenvalue weighted by atomic mass is 10.2. The SMILES string of the molecule is O=Cc1ccc(N2CCC(F)(F)C2)c(Cl)c1. The van der Waals surface area contributed by atoms with Crippen molar-refractivity contribution in [2.45, 2.75) is 12.3 Å². The van der Waals surface area contributed by atoms with Gasteiger partial charge >= 0.3 is 0 Å². The topological polar surface area (TPSA) is 20.3 Å². The summed E-state index contributed by atoms with van der Waals surface area (Å²) in [7, 11) is 0. The number of anilines is 1. The van der Waals surface area contributed by atoms with Crippen molar-refractivity contribution in [3.63, 3.8) is 0 Å². The minimum absolute atomic E-state index is 0.154. The number of hydrogen-bond acceptors (Lipinski definition) is 2. The van der Waals surface area contributed by atoms with E-state index in [4.69, 9.17) is 11.6 Å². The third-order valence-electron chi connectivity index (χ3n) is 2.62. The predicted molar refractivity (Wildman–Crippen MR) is 58.6 cm³/mol. The van der Waals surface area contributed by atoms with E-state index in [9.17, 15) is 13.6 Å². The van der Waals surface area contributed by atoms with E-state index in [1.165, 1.54) is 11.0 Å². The maximum absolute atomic E-state index is 13.0. The molecule has 0 N–H and O–H groups in total. The Hall–Kier alpha value is -1.16. The van der Waals surface area contributed by atoms with Gasteiger partial charge in [0.15, 0.2) is 0 Å². The second kappa shape index (κ2) is 4.01. The highest BCUT2D eigenvalue weighted by Crippen LogP contribution is 2.34. The third-order valence-corrected chi connectivity index (χ3v) is 2.92. The van der Waals surface area contributed by atoms with E-state index in [0.29, 0.717) is 22.6 Å². The second-order valence-corrected chi connectivity index (χ2v) is 4.26. The van der Waals surface area contributed by atoms with Crippen LogP contribution in [0.4, 0.5) is 14.5 Å². The van der Waals surface area contributed by atoms with Crippen LogP contribution >= 0.6 is 11.6 Å². The molecule has 0 bridgehead atoms. The molecule has 1 aliphatic rings. The van der Waals surface area contributed by atoms with Crippen molar-refractivity contribution in [3.05, 3.63) is 28.8 Å². The molecule has 0 aromatic heterocycles. The lowest BCUT2D eigenvalue weighted by Gasteiger charge is -2.19. The lowest BCUT2D eigenvalue weighted by molar-refractivity contribution is 0.0257.